The molecule has 0 atom stereocenters. The second-order valence-electron chi connectivity index (χ2n) is 5.95. The van der Waals surface area contributed by atoms with Crippen molar-refractivity contribution in [1.29, 1.82) is 0 Å². The number of benzene rings is 1. The highest BCUT2D eigenvalue weighted by atomic mass is 16.5. The Morgan fingerprint density at radius 1 is 1.19 bits per heavy atom. The SMILES string of the molecule is O=C(NCC1(C(=O)O)CCCC1)c1ccc2c(c1)COC2. The lowest BCUT2D eigenvalue weighted by Crippen LogP contribution is -2.41. The number of carbonyl (C=O) groups excluding carboxylic acids is 1. The lowest BCUT2D eigenvalue weighted by atomic mass is 9.86. The van der Waals surface area contributed by atoms with Gasteiger partial charge in [0, 0.05) is 12.1 Å². The van der Waals surface area contributed by atoms with Crippen LogP contribution in [0.4, 0.5) is 0 Å². The number of amides is 1. The molecular weight excluding hydrogens is 270 g/mol. The van der Waals surface area contributed by atoms with Gasteiger partial charge in [0.25, 0.3) is 5.91 Å². The summed E-state index contributed by atoms with van der Waals surface area (Å²) < 4.78 is 5.33. The van der Waals surface area contributed by atoms with E-state index in [1.807, 2.05) is 12.1 Å². The second-order valence-corrected chi connectivity index (χ2v) is 5.95. The Morgan fingerprint density at radius 3 is 2.62 bits per heavy atom. The zero-order valence-corrected chi connectivity index (χ0v) is 11.9. The van der Waals surface area contributed by atoms with Crippen LogP contribution in [0.1, 0.15) is 47.2 Å². The Morgan fingerprint density at radius 2 is 1.90 bits per heavy atom. The molecule has 21 heavy (non-hydrogen) atoms. The summed E-state index contributed by atoms with van der Waals surface area (Å²) in [5, 5.41) is 12.2. The third kappa shape index (κ3) is 2.65. The van der Waals surface area contributed by atoms with E-state index in [9.17, 15) is 14.7 Å². The maximum Gasteiger partial charge on any atom is 0.311 e. The fraction of sp³-hybridized carbons (Fsp3) is 0.500. The van der Waals surface area contributed by atoms with E-state index in [0.29, 0.717) is 31.6 Å². The molecule has 5 nitrogen and oxygen atoms in total. The Balaban J connectivity index is 1.68. The van der Waals surface area contributed by atoms with Gasteiger partial charge in [0.1, 0.15) is 0 Å². The van der Waals surface area contributed by atoms with Crippen LogP contribution in [0.15, 0.2) is 18.2 Å². The van der Waals surface area contributed by atoms with E-state index in [4.69, 9.17) is 4.74 Å². The minimum absolute atomic E-state index is 0.203. The van der Waals surface area contributed by atoms with Gasteiger partial charge in [-0.25, -0.2) is 0 Å². The highest BCUT2D eigenvalue weighted by molar-refractivity contribution is 5.94. The van der Waals surface area contributed by atoms with E-state index in [1.54, 1.807) is 6.07 Å². The molecule has 1 aliphatic carbocycles. The number of nitrogens with one attached hydrogen (secondary N) is 1. The Bertz CT molecular complexity index is 576. The summed E-state index contributed by atoms with van der Waals surface area (Å²) in [5.74, 6) is -1.01. The molecular formula is C16H19NO4. The average molecular weight is 289 g/mol. The van der Waals surface area contributed by atoms with E-state index in [0.717, 1.165) is 24.0 Å². The van der Waals surface area contributed by atoms with Gasteiger partial charge in [0.05, 0.1) is 18.6 Å². The first-order chi connectivity index (χ1) is 10.1. The predicted molar refractivity (Wildman–Crippen MR) is 75.8 cm³/mol. The summed E-state index contributed by atoms with van der Waals surface area (Å²) in [6.45, 7) is 1.34. The Labute approximate surface area is 123 Å². The van der Waals surface area contributed by atoms with Gasteiger partial charge in [-0.2, -0.15) is 0 Å². The molecule has 0 unspecified atom stereocenters. The van der Waals surface area contributed by atoms with Crippen LogP contribution in [0, 0.1) is 5.41 Å². The van der Waals surface area contributed by atoms with Gasteiger partial charge in [-0.1, -0.05) is 18.9 Å². The summed E-state index contributed by atoms with van der Waals surface area (Å²) in [4.78, 5) is 23.7. The summed E-state index contributed by atoms with van der Waals surface area (Å²) in [5.41, 5.74) is 1.94. The van der Waals surface area contributed by atoms with Crippen LogP contribution >= 0.6 is 0 Å². The van der Waals surface area contributed by atoms with Gasteiger partial charge in [-0.05, 0) is 36.1 Å². The van der Waals surface area contributed by atoms with Crippen LogP contribution in [-0.2, 0) is 22.7 Å². The summed E-state index contributed by atoms with van der Waals surface area (Å²) in [6, 6.07) is 5.50. The van der Waals surface area contributed by atoms with E-state index < -0.39 is 11.4 Å². The largest absolute Gasteiger partial charge is 0.481 e. The first-order valence-corrected chi connectivity index (χ1v) is 7.32. The van der Waals surface area contributed by atoms with E-state index >= 15 is 0 Å². The molecule has 1 saturated carbocycles. The Kier molecular flexibility index (Phi) is 3.68. The Hall–Kier alpha value is -1.88. The molecule has 1 aromatic carbocycles. The smallest absolute Gasteiger partial charge is 0.311 e. The summed E-state index contributed by atoms with van der Waals surface area (Å²) in [7, 11) is 0. The number of hydrogen-bond donors (Lipinski definition) is 2. The van der Waals surface area contributed by atoms with Crippen molar-refractivity contribution in [1.82, 2.24) is 5.32 Å². The first kappa shape index (κ1) is 14.1. The van der Waals surface area contributed by atoms with E-state index in [-0.39, 0.29) is 12.5 Å². The van der Waals surface area contributed by atoms with Gasteiger partial charge >= 0.3 is 5.97 Å². The fourth-order valence-corrected chi connectivity index (χ4v) is 3.18. The molecule has 0 aromatic heterocycles. The van der Waals surface area contributed by atoms with Crippen LogP contribution in [0.2, 0.25) is 0 Å². The van der Waals surface area contributed by atoms with Crippen molar-refractivity contribution in [3.8, 4) is 0 Å². The normalized spacial score (nSPS) is 19.2. The highest BCUT2D eigenvalue weighted by Gasteiger charge is 2.41. The highest BCUT2D eigenvalue weighted by Crippen LogP contribution is 2.37. The van der Waals surface area contributed by atoms with E-state index in [1.165, 1.54) is 0 Å². The lowest BCUT2D eigenvalue weighted by Gasteiger charge is -2.24. The third-order valence-electron chi connectivity index (χ3n) is 4.59. The molecule has 0 radical (unpaired) electrons. The number of carboxylic acid groups (broad SMARTS) is 1. The van der Waals surface area contributed by atoms with Crippen molar-refractivity contribution >= 4 is 11.9 Å². The molecule has 0 spiro atoms. The standard InChI is InChI=1S/C16H19NO4/c18-14(11-3-4-12-8-21-9-13(12)7-11)17-10-16(15(19)20)5-1-2-6-16/h3-4,7H,1-2,5-6,8-10H2,(H,17,18)(H,19,20). The van der Waals surface area contributed by atoms with Crippen molar-refractivity contribution < 1.29 is 19.4 Å². The molecule has 1 fully saturated rings. The fourth-order valence-electron chi connectivity index (χ4n) is 3.18. The minimum Gasteiger partial charge on any atom is -0.481 e. The number of rotatable bonds is 4. The van der Waals surface area contributed by atoms with Crippen molar-refractivity contribution in [3.05, 3.63) is 34.9 Å². The summed E-state index contributed by atoms with van der Waals surface area (Å²) >= 11 is 0. The number of ether oxygens (including phenoxy) is 1. The molecule has 2 aliphatic rings. The monoisotopic (exact) mass is 289 g/mol. The molecule has 0 bridgehead atoms. The van der Waals surface area contributed by atoms with E-state index in [2.05, 4.69) is 5.32 Å². The topological polar surface area (TPSA) is 75.6 Å². The molecule has 1 aromatic rings. The molecule has 2 N–H and O–H groups in total. The molecule has 1 amide bonds. The van der Waals surface area contributed by atoms with Gasteiger partial charge in [-0.3, -0.25) is 9.59 Å². The molecule has 5 heteroatoms. The van der Waals surface area contributed by atoms with Gasteiger partial charge in [0.15, 0.2) is 0 Å². The molecule has 112 valence electrons. The van der Waals surface area contributed by atoms with Crippen molar-refractivity contribution in [3.63, 3.8) is 0 Å². The minimum atomic E-state index is -0.803. The quantitative estimate of drug-likeness (QED) is 0.890. The zero-order chi connectivity index (χ0) is 14.9. The number of carbonyl (C=O) groups is 2. The molecule has 3 rings (SSSR count). The second kappa shape index (κ2) is 5.48. The van der Waals surface area contributed by atoms with Gasteiger partial charge in [0.2, 0.25) is 0 Å². The summed E-state index contributed by atoms with van der Waals surface area (Å²) in [6.07, 6.45) is 3.11. The maximum absolute atomic E-state index is 12.2. The van der Waals surface area contributed by atoms with Crippen molar-refractivity contribution in [2.45, 2.75) is 38.9 Å². The molecule has 0 saturated heterocycles. The first-order valence-electron chi connectivity index (χ1n) is 7.32. The number of aliphatic carboxylic acids is 1. The number of hydrogen-bond acceptors (Lipinski definition) is 3. The average Bonchev–Trinajstić information content (AvgIpc) is 3.13. The van der Waals surface area contributed by atoms with Crippen LogP contribution < -0.4 is 5.32 Å². The van der Waals surface area contributed by atoms with Crippen LogP contribution in [0.5, 0.6) is 0 Å². The molecule has 1 heterocycles. The maximum atomic E-state index is 12.2. The van der Waals surface area contributed by atoms with Crippen LogP contribution in [0.3, 0.4) is 0 Å². The van der Waals surface area contributed by atoms with Crippen LogP contribution in [-0.4, -0.2) is 23.5 Å². The van der Waals surface area contributed by atoms with Crippen molar-refractivity contribution in [2.24, 2.45) is 5.41 Å². The van der Waals surface area contributed by atoms with Crippen LogP contribution in [0.25, 0.3) is 0 Å². The molecule has 1 aliphatic heterocycles. The lowest BCUT2D eigenvalue weighted by molar-refractivity contribution is -0.148. The number of fused-ring (bicyclic) bond motifs is 1. The number of carboxylic acids is 1. The zero-order valence-electron chi connectivity index (χ0n) is 11.9. The van der Waals surface area contributed by atoms with Gasteiger partial charge in [-0.15, -0.1) is 0 Å². The predicted octanol–water partition coefficient (Wildman–Crippen LogP) is 2.09. The van der Waals surface area contributed by atoms with Gasteiger partial charge < -0.3 is 15.2 Å². The van der Waals surface area contributed by atoms with Crippen molar-refractivity contribution in [2.75, 3.05) is 6.54 Å². The third-order valence-corrected chi connectivity index (χ3v) is 4.59.